The van der Waals surface area contributed by atoms with Gasteiger partial charge in [-0.1, -0.05) is 30.3 Å². The normalized spacial score (nSPS) is 13.5. The second kappa shape index (κ2) is 6.16. The molecule has 98 valence electrons. The lowest BCUT2D eigenvalue weighted by atomic mass is 9.96. The summed E-state index contributed by atoms with van der Waals surface area (Å²) < 4.78 is 0. The van der Waals surface area contributed by atoms with Crippen LogP contribution in [0.15, 0.2) is 30.3 Å². The van der Waals surface area contributed by atoms with Crippen molar-refractivity contribution in [2.75, 3.05) is 13.1 Å². The molecule has 1 unspecified atom stereocenters. The molecule has 0 radical (unpaired) electrons. The lowest BCUT2D eigenvalue weighted by Gasteiger charge is -2.24. The van der Waals surface area contributed by atoms with Gasteiger partial charge in [0.2, 0.25) is 0 Å². The van der Waals surface area contributed by atoms with E-state index in [-0.39, 0.29) is 6.54 Å². The molecule has 1 aromatic carbocycles. The first-order valence-corrected chi connectivity index (χ1v) is 5.81. The molecular formula is C13H18N2O3. The fourth-order valence-electron chi connectivity index (χ4n) is 1.47. The molecule has 2 amide bonds. The standard InChI is InChI=1S/C13H18N2O3/c1-3-14-11(16)12(17)15-9-13(2,18)10-7-5-4-6-8-10/h4-8,18H,3,9H2,1-2H3,(H,14,16)(H,15,17). The number of amides is 2. The third kappa shape index (κ3) is 3.85. The highest BCUT2D eigenvalue weighted by molar-refractivity contribution is 6.35. The molecule has 0 heterocycles. The Morgan fingerprint density at radius 1 is 1.17 bits per heavy atom. The van der Waals surface area contributed by atoms with E-state index in [0.29, 0.717) is 12.1 Å². The Hall–Kier alpha value is -1.88. The fourth-order valence-corrected chi connectivity index (χ4v) is 1.47. The predicted octanol–water partition coefficient (Wildman–Crippen LogP) is 0.146. The molecule has 0 aliphatic carbocycles. The number of carbonyl (C=O) groups excluding carboxylic acids is 2. The highest BCUT2D eigenvalue weighted by atomic mass is 16.3. The highest BCUT2D eigenvalue weighted by Crippen LogP contribution is 2.18. The van der Waals surface area contributed by atoms with Crippen molar-refractivity contribution in [1.82, 2.24) is 10.6 Å². The van der Waals surface area contributed by atoms with Crippen molar-refractivity contribution in [2.45, 2.75) is 19.4 Å². The number of carbonyl (C=O) groups is 2. The minimum atomic E-state index is -1.20. The lowest BCUT2D eigenvalue weighted by Crippen LogP contribution is -2.45. The van der Waals surface area contributed by atoms with Crippen molar-refractivity contribution in [3.63, 3.8) is 0 Å². The maximum absolute atomic E-state index is 11.4. The number of hydrogen-bond acceptors (Lipinski definition) is 3. The van der Waals surface area contributed by atoms with Gasteiger partial charge in [0.25, 0.3) is 0 Å². The first-order chi connectivity index (χ1) is 8.47. The van der Waals surface area contributed by atoms with Crippen molar-refractivity contribution >= 4 is 11.8 Å². The molecule has 0 aromatic heterocycles. The summed E-state index contributed by atoms with van der Waals surface area (Å²) in [5.74, 6) is -1.44. The van der Waals surface area contributed by atoms with Gasteiger partial charge in [-0.3, -0.25) is 9.59 Å². The third-order valence-corrected chi connectivity index (χ3v) is 2.53. The molecule has 5 nitrogen and oxygen atoms in total. The zero-order chi connectivity index (χ0) is 13.6. The van der Waals surface area contributed by atoms with Crippen LogP contribution >= 0.6 is 0 Å². The highest BCUT2D eigenvalue weighted by Gasteiger charge is 2.24. The maximum Gasteiger partial charge on any atom is 0.309 e. The first-order valence-electron chi connectivity index (χ1n) is 5.81. The average Bonchev–Trinajstić information content (AvgIpc) is 2.37. The van der Waals surface area contributed by atoms with Crippen LogP contribution in [0.3, 0.4) is 0 Å². The van der Waals surface area contributed by atoms with E-state index in [2.05, 4.69) is 10.6 Å². The summed E-state index contributed by atoms with van der Waals surface area (Å²) in [5, 5.41) is 15.0. The quantitative estimate of drug-likeness (QED) is 0.665. The van der Waals surface area contributed by atoms with Gasteiger partial charge in [0.1, 0.15) is 5.60 Å². The van der Waals surface area contributed by atoms with Crippen LogP contribution in [0.1, 0.15) is 19.4 Å². The molecule has 3 N–H and O–H groups in total. The molecule has 0 saturated carbocycles. The van der Waals surface area contributed by atoms with Crippen molar-refractivity contribution in [1.29, 1.82) is 0 Å². The molecule has 0 aliphatic heterocycles. The van der Waals surface area contributed by atoms with Crippen LogP contribution in [0.4, 0.5) is 0 Å². The van der Waals surface area contributed by atoms with E-state index in [9.17, 15) is 14.7 Å². The second-order valence-corrected chi connectivity index (χ2v) is 4.18. The lowest BCUT2D eigenvalue weighted by molar-refractivity contribution is -0.139. The summed E-state index contributed by atoms with van der Waals surface area (Å²) in [6, 6.07) is 8.97. The number of rotatable bonds is 4. The molecule has 1 aromatic rings. The summed E-state index contributed by atoms with van der Waals surface area (Å²) >= 11 is 0. The van der Waals surface area contributed by atoms with Crippen LogP contribution in [0.2, 0.25) is 0 Å². The Morgan fingerprint density at radius 2 is 1.72 bits per heavy atom. The van der Waals surface area contributed by atoms with Crippen LogP contribution in [-0.4, -0.2) is 30.0 Å². The molecule has 0 spiro atoms. The number of nitrogens with one attached hydrogen (secondary N) is 2. The summed E-state index contributed by atoms with van der Waals surface area (Å²) in [6.45, 7) is 3.68. The largest absolute Gasteiger partial charge is 0.384 e. The van der Waals surface area contributed by atoms with E-state index < -0.39 is 17.4 Å². The van der Waals surface area contributed by atoms with Gasteiger partial charge in [-0.05, 0) is 19.4 Å². The van der Waals surface area contributed by atoms with Crippen molar-refractivity contribution in [3.8, 4) is 0 Å². The monoisotopic (exact) mass is 250 g/mol. The van der Waals surface area contributed by atoms with Gasteiger partial charge >= 0.3 is 11.8 Å². The Bertz CT molecular complexity index is 416. The van der Waals surface area contributed by atoms with E-state index in [1.165, 1.54) is 0 Å². The molecule has 1 atom stereocenters. The maximum atomic E-state index is 11.4. The SMILES string of the molecule is CCNC(=O)C(=O)NCC(C)(O)c1ccccc1. The number of likely N-dealkylation sites (N-methyl/N-ethyl adjacent to an activating group) is 1. The van der Waals surface area contributed by atoms with Gasteiger partial charge in [-0.2, -0.15) is 0 Å². The van der Waals surface area contributed by atoms with Gasteiger partial charge < -0.3 is 15.7 Å². The van der Waals surface area contributed by atoms with Gasteiger partial charge in [-0.15, -0.1) is 0 Å². The summed E-state index contributed by atoms with van der Waals surface area (Å²) in [7, 11) is 0. The van der Waals surface area contributed by atoms with Crippen molar-refractivity contribution in [3.05, 3.63) is 35.9 Å². The number of hydrogen-bond donors (Lipinski definition) is 3. The van der Waals surface area contributed by atoms with Crippen LogP contribution in [0.25, 0.3) is 0 Å². The Labute approximate surface area is 106 Å². The fraction of sp³-hybridized carbons (Fsp3) is 0.385. The van der Waals surface area contributed by atoms with Gasteiger partial charge in [0.15, 0.2) is 0 Å². The first kappa shape index (κ1) is 14.2. The van der Waals surface area contributed by atoms with Gasteiger partial charge in [-0.25, -0.2) is 0 Å². The van der Waals surface area contributed by atoms with Gasteiger partial charge in [0.05, 0.1) is 6.54 Å². The Morgan fingerprint density at radius 3 is 2.28 bits per heavy atom. The van der Waals surface area contributed by atoms with E-state index in [1.807, 2.05) is 6.07 Å². The number of aliphatic hydroxyl groups is 1. The number of benzene rings is 1. The van der Waals surface area contributed by atoms with Crippen LogP contribution in [-0.2, 0) is 15.2 Å². The van der Waals surface area contributed by atoms with Crippen molar-refractivity contribution in [2.24, 2.45) is 0 Å². The second-order valence-electron chi connectivity index (χ2n) is 4.18. The van der Waals surface area contributed by atoms with E-state index in [4.69, 9.17) is 0 Å². The summed E-state index contributed by atoms with van der Waals surface area (Å²) in [4.78, 5) is 22.6. The van der Waals surface area contributed by atoms with Gasteiger partial charge in [0, 0.05) is 6.54 Å². The molecule has 0 aliphatic rings. The third-order valence-electron chi connectivity index (χ3n) is 2.53. The molecular weight excluding hydrogens is 232 g/mol. The molecule has 0 saturated heterocycles. The minimum Gasteiger partial charge on any atom is -0.384 e. The molecule has 0 fully saturated rings. The zero-order valence-electron chi connectivity index (χ0n) is 10.6. The molecule has 5 heteroatoms. The van der Waals surface area contributed by atoms with Crippen molar-refractivity contribution < 1.29 is 14.7 Å². The molecule has 1 rings (SSSR count). The van der Waals surface area contributed by atoms with E-state index in [1.54, 1.807) is 38.1 Å². The predicted molar refractivity (Wildman–Crippen MR) is 67.7 cm³/mol. The summed E-state index contributed by atoms with van der Waals surface area (Å²) in [5.41, 5.74) is -0.523. The zero-order valence-corrected chi connectivity index (χ0v) is 10.6. The Balaban J connectivity index is 2.57. The topological polar surface area (TPSA) is 78.4 Å². The van der Waals surface area contributed by atoms with Crippen LogP contribution < -0.4 is 10.6 Å². The molecule has 18 heavy (non-hydrogen) atoms. The van der Waals surface area contributed by atoms with E-state index >= 15 is 0 Å². The summed E-state index contributed by atoms with van der Waals surface area (Å²) in [6.07, 6.45) is 0. The average molecular weight is 250 g/mol. The molecule has 0 bridgehead atoms. The van der Waals surface area contributed by atoms with E-state index in [0.717, 1.165) is 0 Å². The minimum absolute atomic E-state index is 0.0209. The van der Waals surface area contributed by atoms with Crippen LogP contribution in [0, 0.1) is 0 Å². The van der Waals surface area contributed by atoms with Crippen LogP contribution in [0.5, 0.6) is 0 Å². The smallest absolute Gasteiger partial charge is 0.309 e. The Kier molecular flexibility index (Phi) is 4.85.